The highest BCUT2D eigenvalue weighted by atomic mass is 32.2. The van der Waals surface area contributed by atoms with Crippen molar-refractivity contribution in [2.75, 3.05) is 39.9 Å². The number of hydrogen-bond donors (Lipinski definition) is 0. The van der Waals surface area contributed by atoms with Crippen LogP contribution >= 0.6 is 0 Å². The maximum absolute atomic E-state index is 13.2. The molecule has 0 saturated carbocycles. The SMILES string of the molecule is CN(CCc1ccccc1)C1CCCN(S(=O)(=O)c2ccc3c(c2)OCCO3)C1. The van der Waals surface area contributed by atoms with Gasteiger partial charge < -0.3 is 14.4 Å². The van der Waals surface area contributed by atoms with E-state index in [2.05, 4.69) is 36.2 Å². The van der Waals surface area contributed by atoms with Crippen LogP contribution in [0.15, 0.2) is 53.4 Å². The summed E-state index contributed by atoms with van der Waals surface area (Å²) in [4.78, 5) is 2.56. The summed E-state index contributed by atoms with van der Waals surface area (Å²) in [5, 5.41) is 0. The molecule has 0 radical (unpaired) electrons. The van der Waals surface area contributed by atoms with E-state index in [9.17, 15) is 8.42 Å². The van der Waals surface area contributed by atoms with E-state index >= 15 is 0 Å². The van der Waals surface area contributed by atoms with Gasteiger partial charge in [-0.2, -0.15) is 4.31 Å². The summed E-state index contributed by atoms with van der Waals surface area (Å²) >= 11 is 0. The Morgan fingerprint density at radius 2 is 1.83 bits per heavy atom. The van der Waals surface area contributed by atoms with E-state index in [4.69, 9.17) is 9.47 Å². The summed E-state index contributed by atoms with van der Waals surface area (Å²) < 4.78 is 39.2. The van der Waals surface area contributed by atoms with Crippen LogP contribution in [0, 0.1) is 0 Å². The molecule has 2 aromatic rings. The Morgan fingerprint density at radius 1 is 1.07 bits per heavy atom. The molecular formula is C22H28N2O4S. The molecule has 0 spiro atoms. The van der Waals surface area contributed by atoms with Crippen molar-refractivity contribution < 1.29 is 17.9 Å². The summed E-state index contributed by atoms with van der Waals surface area (Å²) in [7, 11) is -1.47. The maximum atomic E-state index is 13.2. The molecule has 7 heteroatoms. The zero-order valence-electron chi connectivity index (χ0n) is 16.8. The Bertz CT molecular complexity index is 933. The van der Waals surface area contributed by atoms with Gasteiger partial charge in [-0.15, -0.1) is 0 Å². The number of rotatable bonds is 6. The first-order valence-corrected chi connectivity index (χ1v) is 11.6. The first-order chi connectivity index (χ1) is 14.0. The van der Waals surface area contributed by atoms with Crippen molar-refractivity contribution in [2.24, 2.45) is 0 Å². The predicted molar refractivity (Wildman–Crippen MR) is 112 cm³/mol. The third-order valence-corrected chi connectivity index (χ3v) is 7.59. The summed E-state index contributed by atoms with van der Waals surface area (Å²) in [5.41, 5.74) is 1.30. The Labute approximate surface area is 173 Å². The third-order valence-electron chi connectivity index (χ3n) is 5.73. The first kappa shape index (κ1) is 20.2. The molecule has 2 aliphatic heterocycles. The Hall–Kier alpha value is -2.09. The van der Waals surface area contributed by atoms with Crippen LogP contribution in [-0.4, -0.2) is 63.6 Å². The fraction of sp³-hybridized carbons (Fsp3) is 0.455. The number of piperidine rings is 1. The molecule has 0 amide bonds. The lowest BCUT2D eigenvalue weighted by molar-refractivity contribution is 0.164. The Balaban J connectivity index is 1.43. The van der Waals surface area contributed by atoms with Crippen LogP contribution in [0.5, 0.6) is 11.5 Å². The average Bonchev–Trinajstić information content (AvgIpc) is 2.78. The Morgan fingerprint density at radius 3 is 2.62 bits per heavy atom. The summed E-state index contributed by atoms with van der Waals surface area (Å²) in [6.07, 6.45) is 2.84. The molecule has 4 rings (SSSR count). The molecule has 0 aliphatic carbocycles. The third kappa shape index (κ3) is 4.57. The van der Waals surface area contributed by atoms with Crippen LogP contribution < -0.4 is 9.47 Å². The summed E-state index contributed by atoms with van der Waals surface area (Å²) in [6.45, 7) is 2.91. The van der Waals surface area contributed by atoms with Gasteiger partial charge >= 0.3 is 0 Å². The molecule has 2 aliphatic rings. The molecule has 2 aromatic carbocycles. The fourth-order valence-electron chi connectivity index (χ4n) is 3.96. The molecule has 156 valence electrons. The molecule has 1 saturated heterocycles. The van der Waals surface area contributed by atoms with Crippen molar-refractivity contribution in [3.63, 3.8) is 0 Å². The van der Waals surface area contributed by atoms with E-state index in [1.807, 2.05) is 6.07 Å². The molecule has 1 fully saturated rings. The minimum Gasteiger partial charge on any atom is -0.486 e. The van der Waals surface area contributed by atoms with Gasteiger partial charge in [-0.25, -0.2) is 8.42 Å². The van der Waals surface area contributed by atoms with Gasteiger partial charge in [0, 0.05) is 31.7 Å². The van der Waals surface area contributed by atoms with Gasteiger partial charge in [-0.3, -0.25) is 0 Å². The van der Waals surface area contributed by atoms with Crippen molar-refractivity contribution in [3.05, 3.63) is 54.1 Å². The molecule has 2 heterocycles. The zero-order valence-corrected chi connectivity index (χ0v) is 17.6. The highest BCUT2D eigenvalue weighted by molar-refractivity contribution is 7.89. The zero-order chi connectivity index (χ0) is 20.3. The number of sulfonamides is 1. The molecule has 0 aromatic heterocycles. The van der Waals surface area contributed by atoms with Crippen LogP contribution in [0.3, 0.4) is 0 Å². The number of hydrogen-bond acceptors (Lipinski definition) is 5. The van der Waals surface area contributed by atoms with E-state index < -0.39 is 10.0 Å². The van der Waals surface area contributed by atoms with Gasteiger partial charge in [0.2, 0.25) is 10.0 Å². The van der Waals surface area contributed by atoms with E-state index in [0.29, 0.717) is 37.8 Å². The van der Waals surface area contributed by atoms with Crippen LogP contribution in [0.25, 0.3) is 0 Å². The van der Waals surface area contributed by atoms with Gasteiger partial charge in [0.15, 0.2) is 11.5 Å². The van der Waals surface area contributed by atoms with Gasteiger partial charge in [0.1, 0.15) is 13.2 Å². The van der Waals surface area contributed by atoms with Crippen molar-refractivity contribution in [2.45, 2.75) is 30.2 Å². The van der Waals surface area contributed by atoms with Crippen LogP contribution in [0.4, 0.5) is 0 Å². The van der Waals surface area contributed by atoms with E-state index in [1.54, 1.807) is 22.5 Å². The average molecular weight is 417 g/mol. The molecule has 0 bridgehead atoms. The number of benzene rings is 2. The second-order valence-electron chi connectivity index (χ2n) is 7.68. The van der Waals surface area contributed by atoms with Crippen molar-refractivity contribution in [1.29, 1.82) is 0 Å². The van der Waals surface area contributed by atoms with Gasteiger partial charge in [-0.1, -0.05) is 30.3 Å². The number of nitrogens with zero attached hydrogens (tertiary/aromatic N) is 2. The van der Waals surface area contributed by atoms with E-state index in [-0.39, 0.29) is 10.9 Å². The standard InChI is InChI=1S/C22H28N2O4S/c1-23(13-11-18-6-3-2-4-7-18)19-8-5-12-24(17-19)29(25,26)20-9-10-21-22(16-20)28-15-14-27-21/h2-4,6-7,9-10,16,19H,5,8,11-15,17H2,1H3. The van der Waals surface area contributed by atoms with Gasteiger partial charge in [0.25, 0.3) is 0 Å². The smallest absolute Gasteiger partial charge is 0.243 e. The second-order valence-corrected chi connectivity index (χ2v) is 9.62. The lowest BCUT2D eigenvalue weighted by Crippen LogP contribution is -2.48. The number of likely N-dealkylation sites (N-methyl/N-ethyl adjacent to an activating group) is 1. The van der Waals surface area contributed by atoms with Crippen molar-refractivity contribution in [1.82, 2.24) is 9.21 Å². The Kier molecular flexibility index (Phi) is 6.08. The topological polar surface area (TPSA) is 59.1 Å². The lowest BCUT2D eigenvalue weighted by atomic mass is 10.1. The molecule has 0 N–H and O–H groups in total. The van der Waals surface area contributed by atoms with Gasteiger partial charge in [-0.05, 0) is 44.0 Å². The molecule has 29 heavy (non-hydrogen) atoms. The summed E-state index contributed by atoms with van der Waals surface area (Å²) in [6, 6.07) is 15.5. The highest BCUT2D eigenvalue weighted by Crippen LogP contribution is 2.33. The van der Waals surface area contributed by atoms with Crippen LogP contribution in [0.1, 0.15) is 18.4 Å². The maximum Gasteiger partial charge on any atom is 0.243 e. The van der Waals surface area contributed by atoms with Crippen molar-refractivity contribution in [3.8, 4) is 11.5 Å². The number of ether oxygens (including phenoxy) is 2. The molecule has 1 atom stereocenters. The monoisotopic (exact) mass is 416 g/mol. The van der Waals surface area contributed by atoms with E-state index in [1.165, 1.54) is 5.56 Å². The second kappa shape index (κ2) is 8.73. The lowest BCUT2D eigenvalue weighted by Gasteiger charge is -2.37. The minimum absolute atomic E-state index is 0.222. The molecule has 1 unspecified atom stereocenters. The quantitative estimate of drug-likeness (QED) is 0.725. The van der Waals surface area contributed by atoms with Crippen molar-refractivity contribution >= 4 is 10.0 Å². The van der Waals surface area contributed by atoms with Gasteiger partial charge in [0.05, 0.1) is 4.90 Å². The van der Waals surface area contributed by atoms with Crippen LogP contribution in [-0.2, 0) is 16.4 Å². The van der Waals surface area contributed by atoms with E-state index in [0.717, 1.165) is 25.8 Å². The molecule has 6 nitrogen and oxygen atoms in total. The highest BCUT2D eigenvalue weighted by Gasteiger charge is 2.32. The number of fused-ring (bicyclic) bond motifs is 1. The normalized spacial score (nSPS) is 20.0. The predicted octanol–water partition coefficient (Wildman–Crippen LogP) is 2.79. The summed E-state index contributed by atoms with van der Waals surface area (Å²) in [5.74, 6) is 1.11. The fourth-order valence-corrected chi connectivity index (χ4v) is 5.50. The largest absolute Gasteiger partial charge is 0.486 e. The molecular weight excluding hydrogens is 388 g/mol. The first-order valence-electron chi connectivity index (χ1n) is 10.2. The minimum atomic E-state index is -3.56. The van der Waals surface area contributed by atoms with Crippen LogP contribution in [0.2, 0.25) is 0 Å².